The van der Waals surface area contributed by atoms with Crippen molar-refractivity contribution < 1.29 is 4.79 Å². The van der Waals surface area contributed by atoms with Gasteiger partial charge in [-0.05, 0) is 20.9 Å². The SMILES string of the molecule is CN1CC[N]C(=O)C(C)(C)C1. The summed E-state index contributed by atoms with van der Waals surface area (Å²) in [5.74, 6) is 0.0434. The highest BCUT2D eigenvalue weighted by molar-refractivity contribution is 5.82. The molecule has 0 aromatic carbocycles. The summed E-state index contributed by atoms with van der Waals surface area (Å²) >= 11 is 0. The van der Waals surface area contributed by atoms with Gasteiger partial charge < -0.3 is 4.90 Å². The number of carbonyl (C=O) groups is 1. The lowest BCUT2D eigenvalue weighted by Gasteiger charge is -2.23. The first-order chi connectivity index (χ1) is 5.02. The van der Waals surface area contributed by atoms with Gasteiger partial charge in [-0.2, -0.15) is 0 Å². The molecule has 0 N–H and O–H groups in total. The van der Waals surface area contributed by atoms with E-state index in [9.17, 15) is 4.79 Å². The molecule has 1 radical (unpaired) electrons. The van der Waals surface area contributed by atoms with Crippen LogP contribution in [0.4, 0.5) is 0 Å². The Morgan fingerprint density at radius 1 is 1.55 bits per heavy atom. The van der Waals surface area contributed by atoms with Crippen LogP contribution >= 0.6 is 0 Å². The lowest BCUT2D eigenvalue weighted by molar-refractivity contribution is -0.129. The highest BCUT2D eigenvalue weighted by atomic mass is 16.2. The molecule has 1 saturated heterocycles. The summed E-state index contributed by atoms with van der Waals surface area (Å²) < 4.78 is 0. The summed E-state index contributed by atoms with van der Waals surface area (Å²) in [6.07, 6.45) is 0. The molecule has 1 aliphatic rings. The smallest absolute Gasteiger partial charge is 0.248 e. The Bertz CT molecular complexity index is 165. The van der Waals surface area contributed by atoms with E-state index in [1.807, 2.05) is 20.9 Å². The van der Waals surface area contributed by atoms with Crippen LogP contribution in [-0.2, 0) is 4.79 Å². The van der Waals surface area contributed by atoms with Crippen molar-refractivity contribution >= 4 is 5.91 Å². The van der Waals surface area contributed by atoms with Gasteiger partial charge in [0, 0.05) is 13.1 Å². The van der Waals surface area contributed by atoms with Crippen molar-refractivity contribution in [1.82, 2.24) is 10.2 Å². The molecule has 0 aromatic heterocycles. The lowest BCUT2D eigenvalue weighted by atomic mass is 9.92. The summed E-state index contributed by atoms with van der Waals surface area (Å²) in [4.78, 5) is 13.4. The van der Waals surface area contributed by atoms with E-state index >= 15 is 0 Å². The minimum atomic E-state index is -0.286. The van der Waals surface area contributed by atoms with Gasteiger partial charge in [-0.1, -0.05) is 0 Å². The Morgan fingerprint density at radius 2 is 2.18 bits per heavy atom. The Hall–Kier alpha value is -0.570. The van der Waals surface area contributed by atoms with Crippen LogP contribution < -0.4 is 5.32 Å². The average molecular weight is 155 g/mol. The Labute approximate surface area is 67.8 Å². The van der Waals surface area contributed by atoms with E-state index in [4.69, 9.17) is 0 Å². The van der Waals surface area contributed by atoms with Crippen molar-refractivity contribution in [3.05, 3.63) is 0 Å². The number of rotatable bonds is 0. The molecule has 0 unspecified atom stereocenters. The zero-order chi connectivity index (χ0) is 8.48. The van der Waals surface area contributed by atoms with E-state index in [2.05, 4.69) is 10.2 Å². The first-order valence-electron chi connectivity index (χ1n) is 3.93. The molecule has 0 spiro atoms. The molecule has 1 amide bonds. The molecule has 1 rings (SSSR count). The molecule has 0 aromatic rings. The second kappa shape index (κ2) is 2.81. The van der Waals surface area contributed by atoms with E-state index in [0.717, 1.165) is 13.1 Å². The molecule has 0 saturated carbocycles. The van der Waals surface area contributed by atoms with Crippen LogP contribution in [0.5, 0.6) is 0 Å². The van der Waals surface area contributed by atoms with Crippen LogP contribution in [0.1, 0.15) is 13.8 Å². The summed E-state index contributed by atoms with van der Waals surface area (Å²) in [5, 5.41) is 3.95. The number of amides is 1. The number of likely N-dealkylation sites (N-methyl/N-ethyl adjacent to an activating group) is 1. The molecule has 0 bridgehead atoms. The minimum absolute atomic E-state index is 0.0434. The van der Waals surface area contributed by atoms with Crippen molar-refractivity contribution in [2.45, 2.75) is 13.8 Å². The molecular formula is C8H15N2O. The van der Waals surface area contributed by atoms with Crippen LogP contribution in [0.2, 0.25) is 0 Å². The molecule has 63 valence electrons. The third kappa shape index (κ3) is 1.93. The maximum absolute atomic E-state index is 11.3. The van der Waals surface area contributed by atoms with Crippen LogP contribution in [0.25, 0.3) is 0 Å². The normalized spacial score (nSPS) is 25.9. The van der Waals surface area contributed by atoms with Crippen LogP contribution in [-0.4, -0.2) is 37.5 Å². The number of hydrogen-bond acceptors (Lipinski definition) is 2. The summed E-state index contributed by atoms with van der Waals surface area (Å²) in [6.45, 7) is 6.25. The van der Waals surface area contributed by atoms with Gasteiger partial charge in [-0.25, -0.2) is 5.32 Å². The van der Waals surface area contributed by atoms with Crippen molar-refractivity contribution in [2.75, 3.05) is 26.7 Å². The first kappa shape index (κ1) is 8.53. The van der Waals surface area contributed by atoms with Gasteiger partial charge in [0.15, 0.2) is 0 Å². The van der Waals surface area contributed by atoms with Gasteiger partial charge >= 0.3 is 0 Å². The standard InChI is InChI=1S/C8H15N2O/c1-8(2)6-10(3)5-4-9-7(8)11/h4-6H2,1-3H3. The van der Waals surface area contributed by atoms with E-state index < -0.39 is 0 Å². The lowest BCUT2D eigenvalue weighted by Crippen LogP contribution is -2.36. The van der Waals surface area contributed by atoms with Gasteiger partial charge in [0.25, 0.3) is 0 Å². The van der Waals surface area contributed by atoms with E-state index in [-0.39, 0.29) is 11.3 Å². The van der Waals surface area contributed by atoms with E-state index in [0.29, 0.717) is 6.54 Å². The highest BCUT2D eigenvalue weighted by Gasteiger charge is 2.31. The van der Waals surface area contributed by atoms with Crippen LogP contribution in [0.15, 0.2) is 0 Å². The van der Waals surface area contributed by atoms with Gasteiger partial charge in [0.2, 0.25) is 5.91 Å². The Morgan fingerprint density at radius 3 is 2.82 bits per heavy atom. The van der Waals surface area contributed by atoms with Crippen molar-refractivity contribution in [3.8, 4) is 0 Å². The monoisotopic (exact) mass is 155 g/mol. The quantitative estimate of drug-likeness (QED) is 0.497. The van der Waals surface area contributed by atoms with E-state index in [1.165, 1.54) is 0 Å². The maximum atomic E-state index is 11.3. The molecule has 0 atom stereocenters. The summed E-state index contributed by atoms with van der Waals surface area (Å²) in [7, 11) is 2.02. The predicted octanol–water partition coefficient (Wildman–Crippen LogP) is 0.0890. The Kier molecular flexibility index (Phi) is 2.18. The molecule has 11 heavy (non-hydrogen) atoms. The third-order valence-electron chi connectivity index (χ3n) is 1.98. The third-order valence-corrected chi connectivity index (χ3v) is 1.98. The van der Waals surface area contributed by atoms with Crippen molar-refractivity contribution in [3.63, 3.8) is 0 Å². The number of nitrogens with zero attached hydrogens (tertiary/aromatic N) is 2. The van der Waals surface area contributed by atoms with Gasteiger partial charge in [0.05, 0.1) is 12.0 Å². The molecule has 0 aliphatic carbocycles. The number of carbonyl (C=O) groups excluding carboxylic acids is 1. The first-order valence-corrected chi connectivity index (χ1v) is 3.93. The number of hydrogen-bond donors (Lipinski definition) is 0. The van der Waals surface area contributed by atoms with Gasteiger partial charge in [-0.3, -0.25) is 4.79 Å². The van der Waals surface area contributed by atoms with Crippen molar-refractivity contribution in [1.29, 1.82) is 0 Å². The molecular weight excluding hydrogens is 140 g/mol. The molecule has 1 fully saturated rings. The molecule has 3 nitrogen and oxygen atoms in total. The fourth-order valence-electron chi connectivity index (χ4n) is 1.36. The van der Waals surface area contributed by atoms with Crippen LogP contribution in [0.3, 0.4) is 0 Å². The van der Waals surface area contributed by atoms with Gasteiger partial charge in [-0.15, -0.1) is 0 Å². The fourth-order valence-corrected chi connectivity index (χ4v) is 1.36. The van der Waals surface area contributed by atoms with E-state index in [1.54, 1.807) is 0 Å². The highest BCUT2D eigenvalue weighted by Crippen LogP contribution is 2.18. The topological polar surface area (TPSA) is 34.4 Å². The average Bonchev–Trinajstić information content (AvgIpc) is 1.93. The predicted molar refractivity (Wildman–Crippen MR) is 43.3 cm³/mol. The maximum Gasteiger partial charge on any atom is 0.248 e. The minimum Gasteiger partial charge on any atom is -0.303 e. The van der Waals surface area contributed by atoms with Crippen molar-refractivity contribution in [2.24, 2.45) is 5.41 Å². The largest absolute Gasteiger partial charge is 0.303 e. The second-order valence-electron chi connectivity index (χ2n) is 3.81. The second-order valence-corrected chi connectivity index (χ2v) is 3.81. The summed E-state index contributed by atoms with van der Waals surface area (Å²) in [5.41, 5.74) is -0.286. The molecule has 1 heterocycles. The zero-order valence-corrected chi connectivity index (χ0v) is 7.42. The zero-order valence-electron chi connectivity index (χ0n) is 7.42. The molecule has 3 heteroatoms. The van der Waals surface area contributed by atoms with Gasteiger partial charge in [0.1, 0.15) is 0 Å². The summed E-state index contributed by atoms with van der Waals surface area (Å²) in [6, 6.07) is 0. The fraction of sp³-hybridized carbons (Fsp3) is 0.875. The van der Waals surface area contributed by atoms with Crippen LogP contribution in [0, 0.1) is 5.41 Å². The Balaban J connectivity index is 2.68. The molecule has 1 aliphatic heterocycles.